The molecule has 12 heavy (non-hydrogen) atoms. The quantitative estimate of drug-likeness (QED) is 0.629. The number of hydrogen-bond acceptors (Lipinski definition) is 0. The SMILES string of the molecule is Cc1cccc(I)c1C(C)(C)C. The normalized spacial score (nSPS) is 11.8. The van der Waals surface area contributed by atoms with E-state index in [1.165, 1.54) is 14.7 Å². The zero-order valence-corrected chi connectivity index (χ0v) is 10.3. The monoisotopic (exact) mass is 274 g/mol. The van der Waals surface area contributed by atoms with Gasteiger partial charge in [0.15, 0.2) is 0 Å². The first-order valence-electron chi connectivity index (χ1n) is 4.18. The van der Waals surface area contributed by atoms with Crippen molar-refractivity contribution in [2.24, 2.45) is 0 Å². The van der Waals surface area contributed by atoms with Crippen LogP contribution < -0.4 is 0 Å². The van der Waals surface area contributed by atoms with Crippen molar-refractivity contribution in [1.82, 2.24) is 0 Å². The highest BCUT2D eigenvalue weighted by Crippen LogP contribution is 2.29. The van der Waals surface area contributed by atoms with Gasteiger partial charge < -0.3 is 0 Å². The third-order valence-electron chi connectivity index (χ3n) is 1.97. The van der Waals surface area contributed by atoms with Gasteiger partial charge in [0.2, 0.25) is 0 Å². The molecule has 0 aliphatic carbocycles. The molecule has 0 heterocycles. The summed E-state index contributed by atoms with van der Waals surface area (Å²) in [4.78, 5) is 0. The third kappa shape index (κ3) is 2.00. The van der Waals surface area contributed by atoms with Gasteiger partial charge in [0.25, 0.3) is 0 Å². The van der Waals surface area contributed by atoms with Gasteiger partial charge >= 0.3 is 0 Å². The molecule has 0 fully saturated rings. The largest absolute Gasteiger partial charge is 0.0609 e. The molecular formula is C11H15I. The second kappa shape index (κ2) is 3.36. The minimum absolute atomic E-state index is 0.266. The summed E-state index contributed by atoms with van der Waals surface area (Å²) in [6, 6.07) is 6.48. The van der Waals surface area contributed by atoms with Crippen molar-refractivity contribution in [3.63, 3.8) is 0 Å². The standard InChI is InChI=1S/C11H15I/c1-8-6-5-7-9(12)10(8)11(2,3)4/h5-7H,1-4H3. The van der Waals surface area contributed by atoms with E-state index in [0.29, 0.717) is 0 Å². The maximum Gasteiger partial charge on any atom is 0.0170 e. The highest BCUT2D eigenvalue weighted by atomic mass is 127. The molecular weight excluding hydrogens is 259 g/mol. The topological polar surface area (TPSA) is 0 Å². The molecule has 1 aromatic carbocycles. The highest BCUT2D eigenvalue weighted by molar-refractivity contribution is 14.1. The molecule has 0 saturated heterocycles. The van der Waals surface area contributed by atoms with Crippen LogP contribution in [0.25, 0.3) is 0 Å². The van der Waals surface area contributed by atoms with E-state index in [2.05, 4.69) is 68.5 Å². The highest BCUT2D eigenvalue weighted by Gasteiger charge is 2.18. The minimum atomic E-state index is 0.266. The molecule has 0 nitrogen and oxygen atoms in total. The second-order valence-corrected chi connectivity index (χ2v) is 5.34. The van der Waals surface area contributed by atoms with Gasteiger partial charge in [-0.05, 0) is 52.1 Å². The zero-order chi connectivity index (χ0) is 9.35. The molecule has 1 aromatic rings. The van der Waals surface area contributed by atoms with Crippen LogP contribution in [-0.2, 0) is 5.41 Å². The van der Waals surface area contributed by atoms with Gasteiger partial charge in [-0.25, -0.2) is 0 Å². The summed E-state index contributed by atoms with van der Waals surface area (Å²) >= 11 is 2.41. The average Bonchev–Trinajstić information content (AvgIpc) is 1.82. The first-order valence-corrected chi connectivity index (χ1v) is 5.26. The number of halogens is 1. The Bertz CT molecular complexity index is 261. The van der Waals surface area contributed by atoms with Crippen molar-refractivity contribution in [3.05, 3.63) is 32.9 Å². The molecule has 1 heteroatoms. The first kappa shape index (κ1) is 10.0. The summed E-state index contributed by atoms with van der Waals surface area (Å²) in [7, 11) is 0. The Balaban J connectivity index is 3.31. The molecule has 0 aliphatic rings. The second-order valence-electron chi connectivity index (χ2n) is 4.18. The van der Waals surface area contributed by atoms with Crippen LogP contribution in [-0.4, -0.2) is 0 Å². The van der Waals surface area contributed by atoms with Gasteiger partial charge in [0.05, 0.1) is 0 Å². The fourth-order valence-electron chi connectivity index (χ4n) is 1.58. The van der Waals surface area contributed by atoms with Crippen LogP contribution in [0.15, 0.2) is 18.2 Å². The lowest BCUT2D eigenvalue weighted by atomic mass is 9.84. The summed E-state index contributed by atoms with van der Waals surface area (Å²) in [6.07, 6.45) is 0. The Morgan fingerprint density at radius 3 is 2.08 bits per heavy atom. The lowest BCUT2D eigenvalue weighted by Crippen LogP contribution is -2.14. The summed E-state index contributed by atoms with van der Waals surface area (Å²) < 4.78 is 1.38. The van der Waals surface area contributed by atoms with Gasteiger partial charge in [0, 0.05) is 3.57 Å². The van der Waals surface area contributed by atoms with Gasteiger partial charge in [-0.15, -0.1) is 0 Å². The van der Waals surface area contributed by atoms with Gasteiger partial charge in [0.1, 0.15) is 0 Å². The first-order chi connectivity index (χ1) is 5.43. The Labute approximate surface area is 88.5 Å². The van der Waals surface area contributed by atoms with Crippen LogP contribution in [0.1, 0.15) is 31.9 Å². The van der Waals surface area contributed by atoms with Crippen molar-refractivity contribution >= 4 is 22.6 Å². The average molecular weight is 274 g/mol. The molecule has 0 aliphatic heterocycles. The van der Waals surface area contributed by atoms with E-state index in [-0.39, 0.29) is 5.41 Å². The molecule has 0 unspecified atom stereocenters. The fraction of sp³-hybridized carbons (Fsp3) is 0.455. The van der Waals surface area contributed by atoms with Crippen molar-refractivity contribution in [2.75, 3.05) is 0 Å². The molecule has 0 bridgehead atoms. The number of benzene rings is 1. The van der Waals surface area contributed by atoms with E-state index in [1.54, 1.807) is 0 Å². The van der Waals surface area contributed by atoms with E-state index in [0.717, 1.165) is 0 Å². The molecule has 66 valence electrons. The van der Waals surface area contributed by atoms with Crippen LogP contribution in [0.2, 0.25) is 0 Å². The van der Waals surface area contributed by atoms with Gasteiger partial charge in [-0.1, -0.05) is 32.9 Å². The molecule has 0 radical (unpaired) electrons. The van der Waals surface area contributed by atoms with E-state index in [4.69, 9.17) is 0 Å². The maximum absolute atomic E-state index is 2.41. The lowest BCUT2D eigenvalue weighted by molar-refractivity contribution is 0.582. The van der Waals surface area contributed by atoms with Crippen LogP contribution in [0, 0.1) is 10.5 Å². The molecule has 0 saturated carbocycles. The fourth-order valence-corrected chi connectivity index (χ4v) is 3.02. The van der Waals surface area contributed by atoms with Crippen LogP contribution >= 0.6 is 22.6 Å². The molecule has 1 rings (SSSR count). The maximum atomic E-state index is 2.41. The minimum Gasteiger partial charge on any atom is -0.0609 e. The molecule has 0 spiro atoms. The smallest absolute Gasteiger partial charge is 0.0170 e. The third-order valence-corrected chi connectivity index (χ3v) is 2.87. The number of rotatable bonds is 0. The van der Waals surface area contributed by atoms with E-state index >= 15 is 0 Å². The van der Waals surface area contributed by atoms with E-state index in [9.17, 15) is 0 Å². The Kier molecular flexibility index (Phi) is 2.81. The van der Waals surface area contributed by atoms with Gasteiger partial charge in [-0.3, -0.25) is 0 Å². The van der Waals surface area contributed by atoms with Crippen LogP contribution in [0.3, 0.4) is 0 Å². The van der Waals surface area contributed by atoms with Crippen molar-refractivity contribution < 1.29 is 0 Å². The predicted molar refractivity (Wildman–Crippen MR) is 62.6 cm³/mol. The lowest BCUT2D eigenvalue weighted by Gasteiger charge is -2.23. The molecule has 0 N–H and O–H groups in total. The molecule has 0 aromatic heterocycles. The van der Waals surface area contributed by atoms with Crippen molar-refractivity contribution in [2.45, 2.75) is 33.1 Å². The zero-order valence-electron chi connectivity index (χ0n) is 8.11. The van der Waals surface area contributed by atoms with Crippen molar-refractivity contribution in [3.8, 4) is 0 Å². The van der Waals surface area contributed by atoms with Gasteiger partial charge in [-0.2, -0.15) is 0 Å². The Morgan fingerprint density at radius 2 is 1.75 bits per heavy atom. The summed E-state index contributed by atoms with van der Waals surface area (Å²) in [6.45, 7) is 8.97. The van der Waals surface area contributed by atoms with Crippen LogP contribution in [0.4, 0.5) is 0 Å². The Hall–Kier alpha value is -0.0500. The number of aryl methyl sites for hydroxylation is 1. The van der Waals surface area contributed by atoms with Crippen molar-refractivity contribution in [1.29, 1.82) is 0 Å². The van der Waals surface area contributed by atoms with E-state index < -0.39 is 0 Å². The summed E-state index contributed by atoms with van der Waals surface area (Å²) in [5, 5.41) is 0. The molecule has 0 atom stereocenters. The Morgan fingerprint density at radius 1 is 1.17 bits per heavy atom. The molecule has 0 amide bonds. The van der Waals surface area contributed by atoms with Crippen LogP contribution in [0.5, 0.6) is 0 Å². The summed E-state index contributed by atoms with van der Waals surface area (Å²) in [5.74, 6) is 0. The predicted octanol–water partition coefficient (Wildman–Crippen LogP) is 3.90. The summed E-state index contributed by atoms with van der Waals surface area (Å²) in [5.41, 5.74) is 3.14. The van der Waals surface area contributed by atoms with E-state index in [1.807, 2.05) is 0 Å². The number of hydrogen-bond donors (Lipinski definition) is 0.